The molecule has 0 fully saturated rings. The van der Waals surface area contributed by atoms with Gasteiger partial charge in [0.2, 0.25) is 0 Å². The van der Waals surface area contributed by atoms with E-state index in [0.717, 1.165) is 19.3 Å². The van der Waals surface area contributed by atoms with E-state index in [0.29, 0.717) is 28.8 Å². The molecular formula is C22H24N4O4S. The lowest BCUT2D eigenvalue weighted by molar-refractivity contribution is 0.0954. The molecule has 9 heteroatoms. The Morgan fingerprint density at radius 1 is 1.00 bits per heavy atom. The molecule has 1 aliphatic carbocycles. The van der Waals surface area contributed by atoms with Crippen molar-refractivity contribution in [2.45, 2.75) is 37.0 Å². The van der Waals surface area contributed by atoms with Crippen molar-refractivity contribution >= 4 is 32.7 Å². The van der Waals surface area contributed by atoms with Gasteiger partial charge in [0.15, 0.2) is 0 Å². The largest absolute Gasteiger partial charge is 0.352 e. The second kappa shape index (κ2) is 8.81. The minimum Gasteiger partial charge on any atom is -0.352 e. The zero-order valence-corrected chi connectivity index (χ0v) is 17.7. The standard InChI is InChI=1S/C22H24N4O4S/c27-21(23-13-12-15-4-2-1-3-5-15)16-6-8-17(9-7-16)26-31(29,30)18-10-11-19-20(14-18)25-22(28)24-19/h4,6-11,14,26H,1-3,5,12-13H2,(H,23,27)(H2,24,25,28). The molecule has 0 aliphatic heterocycles. The predicted octanol–water partition coefficient (Wildman–Crippen LogP) is 3.28. The van der Waals surface area contributed by atoms with Crippen molar-refractivity contribution in [1.82, 2.24) is 15.3 Å². The summed E-state index contributed by atoms with van der Waals surface area (Å²) in [7, 11) is -3.85. The Labute approximate surface area is 179 Å². The van der Waals surface area contributed by atoms with Crippen LogP contribution in [0.25, 0.3) is 11.0 Å². The molecule has 8 nitrogen and oxygen atoms in total. The molecule has 0 bridgehead atoms. The fourth-order valence-electron chi connectivity index (χ4n) is 3.65. The molecule has 0 atom stereocenters. The number of carbonyl (C=O) groups excluding carboxylic acids is 1. The van der Waals surface area contributed by atoms with Crippen molar-refractivity contribution in [1.29, 1.82) is 0 Å². The van der Waals surface area contributed by atoms with E-state index < -0.39 is 15.7 Å². The van der Waals surface area contributed by atoms with Crippen molar-refractivity contribution in [3.05, 3.63) is 70.2 Å². The van der Waals surface area contributed by atoms with Gasteiger partial charge in [0, 0.05) is 17.8 Å². The minimum absolute atomic E-state index is 0.0223. The molecule has 4 rings (SSSR count). The summed E-state index contributed by atoms with van der Waals surface area (Å²) in [5, 5.41) is 2.91. The first-order valence-electron chi connectivity index (χ1n) is 10.2. The number of aromatic amines is 2. The van der Waals surface area contributed by atoms with Crippen molar-refractivity contribution in [3.8, 4) is 0 Å². The van der Waals surface area contributed by atoms with E-state index in [1.54, 1.807) is 24.3 Å². The molecule has 31 heavy (non-hydrogen) atoms. The van der Waals surface area contributed by atoms with Crippen molar-refractivity contribution in [3.63, 3.8) is 0 Å². The Kier molecular flexibility index (Phi) is 5.94. The summed E-state index contributed by atoms with van der Waals surface area (Å²) in [4.78, 5) is 28.8. The summed E-state index contributed by atoms with van der Waals surface area (Å²) >= 11 is 0. The summed E-state index contributed by atoms with van der Waals surface area (Å²) in [5.41, 5.74) is 2.74. The maximum absolute atomic E-state index is 12.7. The van der Waals surface area contributed by atoms with Crippen molar-refractivity contribution in [2.75, 3.05) is 11.3 Å². The SMILES string of the molecule is O=C(NCCC1=CCCCC1)c1ccc(NS(=O)(=O)c2ccc3[nH]c(=O)[nH]c3c2)cc1. The van der Waals surface area contributed by atoms with Crippen LogP contribution < -0.4 is 15.7 Å². The predicted molar refractivity (Wildman–Crippen MR) is 120 cm³/mol. The molecule has 0 radical (unpaired) electrons. The average molecular weight is 441 g/mol. The highest BCUT2D eigenvalue weighted by atomic mass is 32.2. The van der Waals surface area contributed by atoms with Crippen LogP contribution in [0.3, 0.4) is 0 Å². The lowest BCUT2D eigenvalue weighted by Gasteiger charge is -2.13. The van der Waals surface area contributed by atoms with Gasteiger partial charge >= 0.3 is 5.69 Å². The maximum Gasteiger partial charge on any atom is 0.323 e. The smallest absolute Gasteiger partial charge is 0.323 e. The average Bonchev–Trinajstić information content (AvgIpc) is 3.14. The van der Waals surface area contributed by atoms with Crippen LogP contribution in [0.2, 0.25) is 0 Å². The lowest BCUT2D eigenvalue weighted by Crippen LogP contribution is -2.24. The molecule has 0 spiro atoms. The zero-order chi connectivity index (χ0) is 21.8. The van der Waals surface area contributed by atoms with E-state index in [4.69, 9.17) is 0 Å². The first kappa shape index (κ1) is 20.9. The van der Waals surface area contributed by atoms with Crippen LogP contribution in [0.5, 0.6) is 0 Å². The molecule has 0 unspecified atom stereocenters. The lowest BCUT2D eigenvalue weighted by atomic mass is 9.97. The molecule has 2 aromatic carbocycles. The van der Waals surface area contributed by atoms with Gasteiger partial charge < -0.3 is 15.3 Å². The fraction of sp³-hybridized carbons (Fsp3) is 0.273. The third-order valence-corrected chi connectivity index (χ3v) is 6.69. The van der Waals surface area contributed by atoms with Gasteiger partial charge in [0.1, 0.15) is 0 Å². The Morgan fingerprint density at radius 3 is 2.52 bits per heavy atom. The number of carbonyl (C=O) groups is 1. The highest BCUT2D eigenvalue weighted by molar-refractivity contribution is 7.92. The number of rotatable bonds is 7. The first-order chi connectivity index (χ1) is 14.9. The van der Waals surface area contributed by atoms with E-state index in [1.165, 1.54) is 36.6 Å². The Balaban J connectivity index is 1.38. The molecular weight excluding hydrogens is 416 g/mol. The van der Waals surface area contributed by atoms with Crippen LogP contribution in [0.4, 0.5) is 5.69 Å². The Morgan fingerprint density at radius 2 is 1.77 bits per heavy atom. The van der Waals surface area contributed by atoms with E-state index in [9.17, 15) is 18.0 Å². The Hall–Kier alpha value is -3.33. The molecule has 0 saturated carbocycles. The van der Waals surface area contributed by atoms with Gasteiger partial charge in [0.25, 0.3) is 15.9 Å². The number of H-pyrrole nitrogens is 2. The van der Waals surface area contributed by atoms with Gasteiger partial charge in [0.05, 0.1) is 15.9 Å². The summed E-state index contributed by atoms with van der Waals surface area (Å²) in [6.45, 7) is 0.586. The van der Waals surface area contributed by atoms with E-state index in [1.807, 2.05) is 0 Å². The highest BCUT2D eigenvalue weighted by Crippen LogP contribution is 2.21. The molecule has 4 N–H and O–H groups in total. The minimum atomic E-state index is -3.85. The number of aromatic nitrogens is 2. The molecule has 3 aromatic rings. The Bertz CT molecular complexity index is 1290. The normalized spacial score (nSPS) is 14.3. The summed E-state index contributed by atoms with van der Waals surface area (Å²) in [6.07, 6.45) is 7.82. The van der Waals surface area contributed by atoms with E-state index in [-0.39, 0.29) is 10.8 Å². The van der Waals surface area contributed by atoms with Crippen LogP contribution in [-0.2, 0) is 10.0 Å². The second-order valence-corrected chi connectivity index (χ2v) is 9.27. The molecule has 162 valence electrons. The number of benzene rings is 2. The van der Waals surface area contributed by atoms with E-state index in [2.05, 4.69) is 26.1 Å². The molecule has 1 aromatic heterocycles. The summed E-state index contributed by atoms with van der Waals surface area (Å²) in [6, 6.07) is 10.6. The molecule has 1 heterocycles. The van der Waals surface area contributed by atoms with Gasteiger partial charge in [-0.2, -0.15) is 0 Å². The van der Waals surface area contributed by atoms with Crippen molar-refractivity contribution < 1.29 is 13.2 Å². The molecule has 0 saturated heterocycles. The van der Waals surface area contributed by atoms with Gasteiger partial charge in [-0.15, -0.1) is 0 Å². The van der Waals surface area contributed by atoms with Crippen LogP contribution in [0.1, 0.15) is 42.5 Å². The number of imidazole rings is 1. The van der Waals surface area contributed by atoms with Gasteiger partial charge in [-0.25, -0.2) is 13.2 Å². The monoisotopic (exact) mass is 440 g/mol. The summed E-state index contributed by atoms with van der Waals surface area (Å²) < 4.78 is 27.8. The third-order valence-electron chi connectivity index (χ3n) is 5.31. The topological polar surface area (TPSA) is 124 Å². The number of hydrogen-bond donors (Lipinski definition) is 4. The highest BCUT2D eigenvalue weighted by Gasteiger charge is 2.16. The quantitative estimate of drug-likeness (QED) is 0.421. The number of hydrogen-bond acceptors (Lipinski definition) is 4. The third kappa shape index (κ3) is 5.05. The van der Waals surface area contributed by atoms with Crippen LogP contribution in [0.15, 0.2) is 63.8 Å². The van der Waals surface area contributed by atoms with Gasteiger partial charge in [-0.05, 0) is 74.6 Å². The van der Waals surface area contributed by atoms with Gasteiger partial charge in [-0.3, -0.25) is 9.52 Å². The number of amides is 1. The number of anilines is 1. The molecule has 1 aliphatic rings. The summed E-state index contributed by atoms with van der Waals surface area (Å²) in [5.74, 6) is -0.187. The molecule has 1 amide bonds. The first-order valence-corrected chi connectivity index (χ1v) is 11.7. The fourth-order valence-corrected chi connectivity index (χ4v) is 4.74. The maximum atomic E-state index is 12.7. The van der Waals surface area contributed by atoms with Crippen LogP contribution >= 0.6 is 0 Å². The number of sulfonamides is 1. The zero-order valence-electron chi connectivity index (χ0n) is 16.9. The van der Waals surface area contributed by atoms with Crippen LogP contribution in [0, 0.1) is 0 Å². The number of fused-ring (bicyclic) bond motifs is 1. The van der Waals surface area contributed by atoms with Crippen LogP contribution in [-0.4, -0.2) is 30.8 Å². The van der Waals surface area contributed by atoms with E-state index >= 15 is 0 Å². The number of nitrogens with one attached hydrogen (secondary N) is 4. The van der Waals surface area contributed by atoms with Crippen molar-refractivity contribution in [2.24, 2.45) is 0 Å². The van der Waals surface area contributed by atoms with Gasteiger partial charge in [-0.1, -0.05) is 11.6 Å². The second-order valence-electron chi connectivity index (χ2n) is 7.58. The number of allylic oxidation sites excluding steroid dienone is 1.